The Morgan fingerprint density at radius 1 is 1.11 bits per heavy atom. The molecule has 2 aromatic rings. The van der Waals surface area contributed by atoms with Gasteiger partial charge in [0.05, 0.1) is 11.0 Å². The third kappa shape index (κ3) is 2.09. The summed E-state index contributed by atoms with van der Waals surface area (Å²) in [5, 5.41) is 0. The average molecular weight is 247 g/mol. The summed E-state index contributed by atoms with van der Waals surface area (Å²) < 4.78 is 0. The van der Waals surface area contributed by atoms with Crippen molar-refractivity contribution in [3.05, 3.63) is 43.5 Å². The number of aromatic amines is 2. The van der Waals surface area contributed by atoms with E-state index in [0.29, 0.717) is 12.1 Å². The van der Waals surface area contributed by atoms with Gasteiger partial charge in [0.15, 0.2) is 0 Å². The number of hydrogen-bond donors (Lipinski definition) is 2. The van der Waals surface area contributed by atoms with Crippen LogP contribution in [-0.2, 0) is 6.54 Å². The van der Waals surface area contributed by atoms with Crippen molar-refractivity contribution in [3.8, 4) is 0 Å². The van der Waals surface area contributed by atoms with Crippen LogP contribution in [-0.4, -0.2) is 29.0 Å². The van der Waals surface area contributed by atoms with E-state index < -0.39 is 11.1 Å². The van der Waals surface area contributed by atoms with Gasteiger partial charge in [-0.1, -0.05) is 0 Å². The SMILES string of the molecule is Cc1cc2[nH]c(=O)c(=O)[nH]c2c(CN(C)C)c1C. The molecule has 0 unspecified atom stereocenters. The Bertz CT molecular complexity index is 710. The molecule has 0 amide bonds. The lowest BCUT2D eigenvalue weighted by atomic mass is 10.0. The molecule has 0 atom stereocenters. The van der Waals surface area contributed by atoms with Gasteiger partial charge in [-0.2, -0.15) is 0 Å². The van der Waals surface area contributed by atoms with Crippen molar-refractivity contribution in [1.82, 2.24) is 14.9 Å². The fourth-order valence-electron chi connectivity index (χ4n) is 2.09. The normalized spacial score (nSPS) is 11.4. The number of aromatic nitrogens is 2. The maximum absolute atomic E-state index is 11.5. The van der Waals surface area contributed by atoms with Gasteiger partial charge >= 0.3 is 11.1 Å². The van der Waals surface area contributed by atoms with Gasteiger partial charge < -0.3 is 14.9 Å². The van der Waals surface area contributed by atoms with Crippen molar-refractivity contribution in [2.75, 3.05) is 14.1 Å². The van der Waals surface area contributed by atoms with Crippen molar-refractivity contribution >= 4 is 11.0 Å². The molecule has 0 aliphatic carbocycles. The fourth-order valence-corrected chi connectivity index (χ4v) is 2.09. The Balaban J connectivity index is 2.87. The van der Waals surface area contributed by atoms with Crippen LogP contribution in [0.15, 0.2) is 15.7 Å². The third-order valence-corrected chi connectivity index (χ3v) is 3.14. The zero-order valence-electron chi connectivity index (χ0n) is 11.0. The summed E-state index contributed by atoms with van der Waals surface area (Å²) in [6.07, 6.45) is 0. The monoisotopic (exact) mass is 247 g/mol. The minimum absolute atomic E-state index is 0.606. The van der Waals surface area contributed by atoms with Crippen LogP contribution in [0, 0.1) is 13.8 Å². The van der Waals surface area contributed by atoms with Gasteiger partial charge in [0.1, 0.15) is 0 Å². The zero-order valence-corrected chi connectivity index (χ0v) is 11.0. The molecule has 0 saturated carbocycles. The van der Waals surface area contributed by atoms with Crippen LogP contribution >= 0.6 is 0 Å². The fraction of sp³-hybridized carbons (Fsp3) is 0.385. The summed E-state index contributed by atoms with van der Waals surface area (Å²) in [7, 11) is 3.94. The van der Waals surface area contributed by atoms with Crippen LogP contribution in [0.4, 0.5) is 0 Å². The quantitative estimate of drug-likeness (QED) is 0.774. The highest BCUT2D eigenvalue weighted by Gasteiger charge is 2.11. The predicted octanol–water partition coefficient (Wildman–Crippen LogP) is 0.895. The second-order valence-corrected chi connectivity index (χ2v) is 4.87. The summed E-state index contributed by atoms with van der Waals surface area (Å²) in [4.78, 5) is 30.1. The highest BCUT2D eigenvalue weighted by atomic mass is 16.2. The van der Waals surface area contributed by atoms with Gasteiger partial charge in [0.25, 0.3) is 0 Å². The van der Waals surface area contributed by atoms with Gasteiger partial charge in [-0.25, -0.2) is 0 Å². The molecule has 0 radical (unpaired) electrons. The first-order valence-corrected chi connectivity index (χ1v) is 5.80. The lowest BCUT2D eigenvalue weighted by Crippen LogP contribution is -2.29. The van der Waals surface area contributed by atoms with Crippen LogP contribution in [0.25, 0.3) is 11.0 Å². The van der Waals surface area contributed by atoms with Gasteiger partial charge in [-0.05, 0) is 50.7 Å². The van der Waals surface area contributed by atoms with E-state index in [-0.39, 0.29) is 0 Å². The van der Waals surface area contributed by atoms with Crippen molar-refractivity contribution < 1.29 is 0 Å². The van der Waals surface area contributed by atoms with Crippen LogP contribution in [0.2, 0.25) is 0 Å². The Labute approximate surface area is 104 Å². The van der Waals surface area contributed by atoms with Crippen LogP contribution in [0.1, 0.15) is 16.7 Å². The van der Waals surface area contributed by atoms with Crippen molar-refractivity contribution in [2.45, 2.75) is 20.4 Å². The maximum atomic E-state index is 11.5. The van der Waals surface area contributed by atoms with E-state index in [2.05, 4.69) is 9.97 Å². The van der Waals surface area contributed by atoms with E-state index >= 15 is 0 Å². The molecule has 5 heteroatoms. The predicted molar refractivity (Wildman–Crippen MR) is 72.1 cm³/mol. The smallest absolute Gasteiger partial charge is 0.314 e. The molecule has 5 nitrogen and oxygen atoms in total. The standard InChI is InChI=1S/C13H17N3O2/c1-7-5-10-11(15-13(18)12(17)14-10)9(8(7)2)6-16(3)4/h5H,6H2,1-4H3,(H,14,17)(H,15,18). The molecule has 18 heavy (non-hydrogen) atoms. The summed E-state index contributed by atoms with van der Waals surface area (Å²) in [6, 6.07) is 1.89. The van der Waals surface area contributed by atoms with E-state index in [1.54, 1.807) is 0 Å². The molecule has 96 valence electrons. The van der Waals surface area contributed by atoms with Crippen LogP contribution in [0.3, 0.4) is 0 Å². The summed E-state index contributed by atoms with van der Waals surface area (Å²) in [6.45, 7) is 4.74. The Morgan fingerprint density at radius 2 is 1.72 bits per heavy atom. The van der Waals surface area contributed by atoms with Crippen LogP contribution in [0.5, 0.6) is 0 Å². The molecule has 0 saturated heterocycles. The number of nitrogens with one attached hydrogen (secondary N) is 2. The largest absolute Gasteiger partial charge is 0.316 e. The molecule has 1 aromatic heterocycles. The van der Waals surface area contributed by atoms with Crippen LogP contribution < -0.4 is 11.1 Å². The topological polar surface area (TPSA) is 69.0 Å². The van der Waals surface area contributed by atoms with Gasteiger partial charge in [0, 0.05) is 6.54 Å². The highest BCUT2D eigenvalue weighted by Crippen LogP contribution is 2.22. The molecule has 0 aliphatic rings. The number of aryl methyl sites for hydroxylation is 1. The third-order valence-electron chi connectivity index (χ3n) is 3.14. The molecule has 1 aromatic carbocycles. The van der Waals surface area contributed by atoms with E-state index in [0.717, 1.165) is 22.2 Å². The second kappa shape index (κ2) is 4.42. The Morgan fingerprint density at radius 3 is 2.33 bits per heavy atom. The zero-order chi connectivity index (χ0) is 13.4. The average Bonchev–Trinajstić information content (AvgIpc) is 2.28. The first-order chi connectivity index (χ1) is 8.40. The maximum Gasteiger partial charge on any atom is 0.314 e. The Kier molecular flexibility index (Phi) is 3.09. The number of fused-ring (bicyclic) bond motifs is 1. The number of H-pyrrole nitrogens is 2. The molecule has 2 N–H and O–H groups in total. The minimum Gasteiger partial charge on any atom is -0.316 e. The van der Waals surface area contributed by atoms with Crippen molar-refractivity contribution in [2.24, 2.45) is 0 Å². The molecular formula is C13H17N3O2. The van der Waals surface area contributed by atoms with Gasteiger partial charge in [0.2, 0.25) is 0 Å². The van der Waals surface area contributed by atoms with Crippen molar-refractivity contribution in [1.29, 1.82) is 0 Å². The van der Waals surface area contributed by atoms with E-state index in [9.17, 15) is 9.59 Å². The summed E-state index contributed by atoms with van der Waals surface area (Å²) >= 11 is 0. The highest BCUT2D eigenvalue weighted by molar-refractivity contribution is 5.80. The number of hydrogen-bond acceptors (Lipinski definition) is 3. The second-order valence-electron chi connectivity index (χ2n) is 4.87. The molecule has 0 aliphatic heterocycles. The van der Waals surface area contributed by atoms with E-state index in [1.807, 2.05) is 38.9 Å². The minimum atomic E-state index is -0.610. The summed E-state index contributed by atoms with van der Waals surface area (Å²) in [5.74, 6) is 0. The van der Waals surface area contributed by atoms with Gasteiger partial charge in [-0.15, -0.1) is 0 Å². The molecule has 1 heterocycles. The lowest BCUT2D eigenvalue weighted by Gasteiger charge is -2.16. The van der Waals surface area contributed by atoms with Gasteiger partial charge in [-0.3, -0.25) is 9.59 Å². The molecular weight excluding hydrogens is 230 g/mol. The number of nitrogens with zero attached hydrogens (tertiary/aromatic N) is 1. The van der Waals surface area contributed by atoms with E-state index in [4.69, 9.17) is 0 Å². The lowest BCUT2D eigenvalue weighted by molar-refractivity contribution is 0.402. The first-order valence-electron chi connectivity index (χ1n) is 5.80. The molecule has 0 spiro atoms. The Hall–Kier alpha value is -1.88. The number of rotatable bonds is 2. The van der Waals surface area contributed by atoms with E-state index in [1.165, 1.54) is 0 Å². The van der Waals surface area contributed by atoms with Crippen molar-refractivity contribution in [3.63, 3.8) is 0 Å². The summed E-state index contributed by atoms with van der Waals surface area (Å²) in [5.41, 5.74) is 3.47. The first kappa shape index (κ1) is 12.6. The molecule has 2 rings (SSSR count). The molecule has 0 bridgehead atoms. The molecule has 0 fully saturated rings. The number of benzene rings is 1.